The zero-order valence-electron chi connectivity index (χ0n) is 6.89. The Labute approximate surface area is 76.1 Å². The fraction of sp³-hybridized carbons (Fsp3) is 0.667. The van der Waals surface area contributed by atoms with Gasteiger partial charge in [-0.25, -0.2) is 0 Å². The highest BCUT2D eigenvalue weighted by Gasteiger charge is 2.05. The van der Waals surface area contributed by atoms with Crippen LogP contribution in [0, 0.1) is 0 Å². The Kier molecular flexibility index (Phi) is 5.24. The number of rotatable bonds is 6. The van der Waals surface area contributed by atoms with Crippen molar-refractivity contribution < 1.29 is 22.6 Å². The predicted molar refractivity (Wildman–Crippen MR) is 44.7 cm³/mol. The summed E-state index contributed by atoms with van der Waals surface area (Å²) in [5, 5.41) is 2.24. The van der Waals surface area contributed by atoms with Gasteiger partial charge in [0.2, 0.25) is 5.91 Å². The fourth-order valence-electron chi connectivity index (χ4n) is 0.598. The fourth-order valence-corrected chi connectivity index (χ4v) is 0.958. The van der Waals surface area contributed by atoms with Gasteiger partial charge in [0, 0.05) is 19.4 Å². The molecule has 0 atom stereocenters. The molecule has 13 heavy (non-hydrogen) atoms. The van der Waals surface area contributed by atoms with E-state index in [1.54, 1.807) is 0 Å². The standard InChI is InChI=1S/C6H11NO5S/c8-4-1-2-6(9)7-3-5-13(10,11)12/h4H,1-3,5H2,(H,7,9)(H,10,11,12). The van der Waals surface area contributed by atoms with Gasteiger partial charge in [-0.3, -0.25) is 9.35 Å². The Morgan fingerprint density at radius 3 is 2.54 bits per heavy atom. The van der Waals surface area contributed by atoms with E-state index in [9.17, 15) is 18.0 Å². The van der Waals surface area contributed by atoms with Gasteiger partial charge in [-0.05, 0) is 0 Å². The molecular formula is C6H11NO5S. The third-order valence-electron chi connectivity index (χ3n) is 1.17. The Hall–Kier alpha value is -0.950. The Morgan fingerprint density at radius 2 is 2.08 bits per heavy atom. The summed E-state index contributed by atoms with van der Waals surface area (Å²) in [5.41, 5.74) is 0. The van der Waals surface area contributed by atoms with Crippen LogP contribution in [0.5, 0.6) is 0 Å². The average molecular weight is 209 g/mol. The number of carbonyl (C=O) groups is 2. The maximum atomic E-state index is 10.7. The molecule has 0 aromatic carbocycles. The van der Waals surface area contributed by atoms with Gasteiger partial charge < -0.3 is 10.1 Å². The second-order valence-electron chi connectivity index (χ2n) is 2.34. The van der Waals surface area contributed by atoms with Crippen molar-refractivity contribution in [2.75, 3.05) is 12.3 Å². The van der Waals surface area contributed by atoms with Gasteiger partial charge in [0.1, 0.15) is 6.29 Å². The molecule has 0 saturated carbocycles. The summed E-state index contributed by atoms with van der Waals surface area (Å²) in [6.45, 7) is -0.142. The maximum Gasteiger partial charge on any atom is 0.266 e. The van der Waals surface area contributed by atoms with Crippen LogP contribution in [0.1, 0.15) is 12.8 Å². The van der Waals surface area contributed by atoms with Crippen LogP contribution in [-0.2, 0) is 19.7 Å². The van der Waals surface area contributed by atoms with Crippen molar-refractivity contribution in [3.63, 3.8) is 0 Å². The minimum atomic E-state index is -4.02. The number of hydrogen-bond donors (Lipinski definition) is 2. The summed E-state index contributed by atoms with van der Waals surface area (Å²) in [4.78, 5) is 20.6. The van der Waals surface area contributed by atoms with Gasteiger partial charge in [-0.1, -0.05) is 0 Å². The first-order chi connectivity index (χ1) is 5.95. The van der Waals surface area contributed by atoms with E-state index in [-0.39, 0.29) is 19.4 Å². The Morgan fingerprint density at radius 1 is 1.46 bits per heavy atom. The van der Waals surface area contributed by atoms with Gasteiger partial charge in [0.15, 0.2) is 0 Å². The van der Waals surface area contributed by atoms with Crippen LogP contribution in [0.25, 0.3) is 0 Å². The summed E-state index contributed by atoms with van der Waals surface area (Å²) in [6, 6.07) is 0. The van der Waals surface area contributed by atoms with Crippen molar-refractivity contribution in [3.8, 4) is 0 Å². The lowest BCUT2D eigenvalue weighted by atomic mass is 10.3. The SMILES string of the molecule is O=CCCC(=O)NCCS(=O)(=O)O. The molecule has 0 fully saturated rings. The van der Waals surface area contributed by atoms with Crippen LogP contribution >= 0.6 is 0 Å². The minimum Gasteiger partial charge on any atom is -0.355 e. The van der Waals surface area contributed by atoms with Gasteiger partial charge in [0.05, 0.1) is 5.75 Å². The summed E-state index contributed by atoms with van der Waals surface area (Å²) < 4.78 is 28.6. The van der Waals surface area contributed by atoms with E-state index in [4.69, 9.17) is 4.55 Å². The molecule has 0 spiro atoms. The van der Waals surface area contributed by atoms with Crippen molar-refractivity contribution in [1.29, 1.82) is 0 Å². The monoisotopic (exact) mass is 209 g/mol. The number of hydrogen-bond acceptors (Lipinski definition) is 4. The Bertz CT molecular complexity index is 271. The van der Waals surface area contributed by atoms with E-state index >= 15 is 0 Å². The van der Waals surface area contributed by atoms with E-state index in [2.05, 4.69) is 5.32 Å². The molecule has 0 aliphatic carbocycles. The van der Waals surface area contributed by atoms with Crippen molar-refractivity contribution in [2.24, 2.45) is 0 Å². The number of amides is 1. The second kappa shape index (κ2) is 5.65. The highest BCUT2D eigenvalue weighted by Crippen LogP contribution is 1.84. The first-order valence-corrected chi connectivity index (χ1v) is 5.22. The smallest absolute Gasteiger partial charge is 0.266 e. The summed E-state index contributed by atoms with van der Waals surface area (Å²) >= 11 is 0. The molecule has 0 bridgehead atoms. The normalized spacial score (nSPS) is 10.8. The van der Waals surface area contributed by atoms with Gasteiger partial charge in [-0.2, -0.15) is 8.42 Å². The van der Waals surface area contributed by atoms with E-state index in [1.165, 1.54) is 0 Å². The molecule has 0 aliphatic rings. The van der Waals surface area contributed by atoms with Crippen LogP contribution in [0.15, 0.2) is 0 Å². The molecule has 0 radical (unpaired) electrons. The summed E-state index contributed by atoms with van der Waals surface area (Å²) in [5.74, 6) is -0.921. The third-order valence-corrected chi connectivity index (χ3v) is 1.89. The third kappa shape index (κ3) is 8.96. The van der Waals surface area contributed by atoms with Crippen LogP contribution in [0.2, 0.25) is 0 Å². The molecule has 0 rings (SSSR count). The Balaban J connectivity index is 3.54. The van der Waals surface area contributed by atoms with Gasteiger partial charge >= 0.3 is 0 Å². The van der Waals surface area contributed by atoms with Gasteiger partial charge in [0.25, 0.3) is 10.1 Å². The minimum absolute atomic E-state index is 0.0367. The predicted octanol–water partition coefficient (Wildman–Crippen LogP) is -1.03. The quantitative estimate of drug-likeness (QED) is 0.430. The molecule has 6 nitrogen and oxygen atoms in total. The van der Waals surface area contributed by atoms with Crippen molar-refractivity contribution in [1.82, 2.24) is 5.32 Å². The zero-order chi connectivity index (χ0) is 10.3. The van der Waals surface area contributed by atoms with Crippen molar-refractivity contribution >= 4 is 22.3 Å². The first kappa shape index (κ1) is 12.0. The molecule has 0 heterocycles. The molecule has 2 N–H and O–H groups in total. The lowest BCUT2D eigenvalue weighted by Gasteiger charge is -2.00. The number of carbonyl (C=O) groups excluding carboxylic acids is 2. The van der Waals surface area contributed by atoms with Crippen LogP contribution in [0.4, 0.5) is 0 Å². The number of nitrogens with one attached hydrogen (secondary N) is 1. The molecule has 7 heteroatoms. The average Bonchev–Trinajstić information content (AvgIpc) is 1.98. The molecule has 0 aromatic rings. The molecule has 76 valence electrons. The highest BCUT2D eigenvalue weighted by atomic mass is 32.2. The zero-order valence-corrected chi connectivity index (χ0v) is 7.71. The highest BCUT2D eigenvalue weighted by molar-refractivity contribution is 7.85. The molecule has 0 aliphatic heterocycles. The second-order valence-corrected chi connectivity index (χ2v) is 3.91. The topological polar surface area (TPSA) is 101 Å². The molecule has 0 aromatic heterocycles. The van der Waals surface area contributed by atoms with E-state index in [0.717, 1.165) is 0 Å². The van der Waals surface area contributed by atoms with Crippen LogP contribution < -0.4 is 5.32 Å². The molecular weight excluding hydrogens is 198 g/mol. The summed E-state index contributed by atoms with van der Waals surface area (Å²) in [6.07, 6.45) is 0.745. The molecule has 1 amide bonds. The molecule has 0 unspecified atom stereocenters. The first-order valence-electron chi connectivity index (χ1n) is 3.61. The lowest BCUT2D eigenvalue weighted by molar-refractivity contribution is -0.122. The largest absolute Gasteiger partial charge is 0.355 e. The van der Waals surface area contributed by atoms with Gasteiger partial charge in [-0.15, -0.1) is 0 Å². The van der Waals surface area contributed by atoms with Crippen molar-refractivity contribution in [3.05, 3.63) is 0 Å². The van der Waals surface area contributed by atoms with E-state index in [0.29, 0.717) is 6.29 Å². The summed E-state index contributed by atoms with van der Waals surface area (Å²) in [7, 11) is -4.02. The van der Waals surface area contributed by atoms with Crippen LogP contribution in [-0.4, -0.2) is 37.5 Å². The maximum absolute atomic E-state index is 10.7. The van der Waals surface area contributed by atoms with E-state index in [1.807, 2.05) is 0 Å². The van der Waals surface area contributed by atoms with Crippen LogP contribution in [0.3, 0.4) is 0 Å². The van der Waals surface area contributed by atoms with E-state index < -0.39 is 21.8 Å². The number of aldehydes is 1. The lowest BCUT2D eigenvalue weighted by Crippen LogP contribution is -2.28. The molecule has 0 saturated heterocycles. The van der Waals surface area contributed by atoms with Crippen molar-refractivity contribution in [2.45, 2.75) is 12.8 Å².